The summed E-state index contributed by atoms with van der Waals surface area (Å²) in [4.78, 5) is 23.9. The van der Waals surface area contributed by atoms with Gasteiger partial charge in [-0.25, -0.2) is 9.59 Å². The van der Waals surface area contributed by atoms with Crippen LogP contribution in [0.1, 0.15) is 15.9 Å². The van der Waals surface area contributed by atoms with Crippen molar-refractivity contribution in [2.75, 3.05) is 27.4 Å². The highest BCUT2D eigenvalue weighted by Crippen LogP contribution is 2.28. The average Bonchev–Trinajstić information content (AvgIpc) is 2.74. The highest BCUT2D eigenvalue weighted by atomic mass is 16.6. The number of carbonyl (C=O) groups is 2. The molecule has 0 spiro atoms. The number of hydrogen-bond donors (Lipinski definition) is 1. The van der Waals surface area contributed by atoms with E-state index in [1.165, 1.54) is 32.4 Å². The minimum Gasteiger partial charge on any atom is -0.507 e. The third-order valence-electron chi connectivity index (χ3n) is 3.73. The van der Waals surface area contributed by atoms with Gasteiger partial charge >= 0.3 is 11.9 Å². The Morgan fingerprint density at radius 1 is 1.03 bits per heavy atom. The fourth-order valence-electron chi connectivity index (χ4n) is 2.32. The SMILES string of the molecule is COc1ccc(/C=C(\C#N)C(=O)OCCOC(=O)c2ccccc2O)cc1OC. The van der Waals surface area contributed by atoms with Gasteiger partial charge in [0.25, 0.3) is 0 Å². The van der Waals surface area contributed by atoms with Gasteiger partial charge in [0.1, 0.15) is 36.2 Å². The number of methoxy groups -OCH3 is 2. The first-order chi connectivity index (χ1) is 14.0. The van der Waals surface area contributed by atoms with Crippen molar-refractivity contribution in [3.8, 4) is 23.3 Å². The van der Waals surface area contributed by atoms with E-state index < -0.39 is 11.9 Å². The molecule has 0 radical (unpaired) electrons. The minimum atomic E-state index is -0.860. The number of phenols is 1. The number of hydrogen-bond acceptors (Lipinski definition) is 8. The van der Waals surface area contributed by atoms with Crippen molar-refractivity contribution < 1.29 is 33.6 Å². The molecule has 8 nitrogen and oxygen atoms in total. The second-order valence-corrected chi connectivity index (χ2v) is 5.57. The molecule has 0 fully saturated rings. The van der Waals surface area contributed by atoms with Gasteiger partial charge < -0.3 is 24.1 Å². The van der Waals surface area contributed by atoms with E-state index in [2.05, 4.69) is 0 Å². The summed E-state index contributed by atoms with van der Waals surface area (Å²) in [6.07, 6.45) is 1.35. The fraction of sp³-hybridized carbons (Fsp3) is 0.190. The molecule has 2 rings (SSSR count). The molecule has 0 aromatic heterocycles. The number of rotatable bonds is 8. The first kappa shape index (κ1) is 21.3. The van der Waals surface area contributed by atoms with Crippen LogP contribution in [0.4, 0.5) is 0 Å². The third-order valence-corrected chi connectivity index (χ3v) is 3.73. The first-order valence-corrected chi connectivity index (χ1v) is 8.46. The van der Waals surface area contributed by atoms with Crippen LogP contribution in [0.3, 0.4) is 0 Å². The lowest BCUT2D eigenvalue weighted by molar-refractivity contribution is -0.139. The van der Waals surface area contributed by atoms with E-state index >= 15 is 0 Å². The molecular weight excluding hydrogens is 378 g/mol. The molecule has 0 unspecified atom stereocenters. The van der Waals surface area contributed by atoms with Gasteiger partial charge in [-0.3, -0.25) is 0 Å². The Bertz CT molecular complexity index is 960. The minimum absolute atomic E-state index is 0.00453. The monoisotopic (exact) mass is 397 g/mol. The van der Waals surface area contributed by atoms with Gasteiger partial charge in [-0.1, -0.05) is 18.2 Å². The second kappa shape index (κ2) is 10.4. The Morgan fingerprint density at radius 2 is 1.72 bits per heavy atom. The number of esters is 2. The van der Waals surface area contributed by atoms with Crippen LogP contribution in [0.25, 0.3) is 6.08 Å². The Balaban J connectivity index is 1.93. The normalized spacial score (nSPS) is 10.6. The molecule has 0 bridgehead atoms. The van der Waals surface area contributed by atoms with Crippen molar-refractivity contribution in [1.82, 2.24) is 0 Å². The second-order valence-electron chi connectivity index (χ2n) is 5.57. The van der Waals surface area contributed by atoms with E-state index in [1.54, 1.807) is 36.4 Å². The Kier molecular flexibility index (Phi) is 7.62. The van der Waals surface area contributed by atoms with Crippen LogP contribution in [0, 0.1) is 11.3 Å². The Morgan fingerprint density at radius 3 is 2.38 bits per heavy atom. The van der Waals surface area contributed by atoms with Crippen molar-refractivity contribution in [3.63, 3.8) is 0 Å². The topological polar surface area (TPSA) is 115 Å². The van der Waals surface area contributed by atoms with Crippen molar-refractivity contribution in [3.05, 3.63) is 59.2 Å². The maximum atomic E-state index is 12.1. The van der Waals surface area contributed by atoms with Crippen molar-refractivity contribution in [1.29, 1.82) is 5.26 Å². The van der Waals surface area contributed by atoms with Crippen LogP contribution in [0.2, 0.25) is 0 Å². The smallest absolute Gasteiger partial charge is 0.349 e. The van der Waals surface area contributed by atoms with E-state index in [1.807, 2.05) is 0 Å². The van der Waals surface area contributed by atoms with Crippen LogP contribution >= 0.6 is 0 Å². The lowest BCUT2D eigenvalue weighted by atomic mass is 10.1. The number of nitrogens with zero attached hydrogens (tertiary/aromatic N) is 1. The zero-order chi connectivity index (χ0) is 21.2. The van der Waals surface area contributed by atoms with E-state index in [-0.39, 0.29) is 30.1 Å². The summed E-state index contributed by atoms with van der Waals surface area (Å²) < 4.78 is 20.2. The van der Waals surface area contributed by atoms with Crippen molar-refractivity contribution in [2.24, 2.45) is 0 Å². The standard InChI is InChI=1S/C21H19NO7/c1-26-18-8-7-14(12-19(18)27-2)11-15(13-22)20(24)28-9-10-29-21(25)16-5-3-4-6-17(16)23/h3-8,11-12,23H,9-10H2,1-2H3/b15-11+. The molecule has 8 heteroatoms. The molecule has 0 amide bonds. The van der Waals surface area contributed by atoms with Crippen LogP contribution in [0.15, 0.2) is 48.0 Å². The summed E-state index contributed by atoms with van der Waals surface area (Å²) in [6.45, 7) is -0.475. The zero-order valence-electron chi connectivity index (χ0n) is 15.9. The third kappa shape index (κ3) is 5.74. The number of aromatic hydroxyl groups is 1. The maximum absolute atomic E-state index is 12.1. The number of benzene rings is 2. The summed E-state index contributed by atoms with van der Waals surface area (Å²) in [5.41, 5.74) is 0.316. The highest BCUT2D eigenvalue weighted by molar-refractivity contribution is 5.98. The Labute approximate surface area is 167 Å². The van der Waals surface area contributed by atoms with Crippen molar-refractivity contribution >= 4 is 18.0 Å². The molecular formula is C21H19NO7. The van der Waals surface area contributed by atoms with E-state index in [0.29, 0.717) is 17.1 Å². The average molecular weight is 397 g/mol. The van der Waals surface area contributed by atoms with Gasteiger partial charge in [0.2, 0.25) is 0 Å². The Hall–Kier alpha value is -3.99. The summed E-state index contributed by atoms with van der Waals surface area (Å²) in [5, 5.41) is 18.8. The molecule has 150 valence electrons. The van der Waals surface area contributed by atoms with E-state index in [0.717, 1.165) is 0 Å². The largest absolute Gasteiger partial charge is 0.507 e. The molecule has 0 aliphatic heterocycles. The molecule has 29 heavy (non-hydrogen) atoms. The van der Waals surface area contributed by atoms with Gasteiger partial charge in [0.05, 0.1) is 14.2 Å². The van der Waals surface area contributed by atoms with E-state index in [9.17, 15) is 20.0 Å². The molecule has 0 heterocycles. The number of ether oxygens (including phenoxy) is 4. The van der Waals surface area contributed by atoms with E-state index in [4.69, 9.17) is 18.9 Å². The zero-order valence-corrected chi connectivity index (χ0v) is 15.9. The summed E-state index contributed by atoms with van der Waals surface area (Å²) >= 11 is 0. The van der Waals surface area contributed by atoms with Gasteiger partial charge in [-0.2, -0.15) is 5.26 Å². The van der Waals surface area contributed by atoms with Crippen molar-refractivity contribution in [2.45, 2.75) is 0 Å². The summed E-state index contributed by atoms with van der Waals surface area (Å²) in [6, 6.07) is 12.6. The van der Waals surface area contributed by atoms with Gasteiger partial charge in [-0.05, 0) is 35.9 Å². The molecule has 2 aromatic rings. The number of nitriles is 1. The number of para-hydroxylation sites is 1. The number of carbonyl (C=O) groups excluding carboxylic acids is 2. The molecule has 2 aromatic carbocycles. The highest BCUT2D eigenvalue weighted by Gasteiger charge is 2.14. The molecule has 0 saturated carbocycles. The predicted molar refractivity (Wildman–Crippen MR) is 102 cm³/mol. The van der Waals surface area contributed by atoms with Gasteiger partial charge in [0.15, 0.2) is 11.5 Å². The lowest BCUT2D eigenvalue weighted by Crippen LogP contribution is -2.15. The van der Waals surface area contributed by atoms with Crippen LogP contribution in [0.5, 0.6) is 17.2 Å². The maximum Gasteiger partial charge on any atom is 0.349 e. The van der Waals surface area contributed by atoms with Crippen LogP contribution in [-0.2, 0) is 14.3 Å². The molecule has 0 atom stereocenters. The van der Waals surface area contributed by atoms with Crippen LogP contribution < -0.4 is 9.47 Å². The predicted octanol–water partition coefficient (Wildman–Crippen LogP) is 2.72. The summed E-state index contributed by atoms with van der Waals surface area (Å²) in [5.74, 6) is -0.861. The lowest BCUT2D eigenvalue weighted by Gasteiger charge is -2.08. The molecule has 0 aliphatic carbocycles. The molecule has 1 N–H and O–H groups in total. The van der Waals surface area contributed by atoms with Gasteiger partial charge in [0, 0.05) is 0 Å². The molecule has 0 saturated heterocycles. The quantitative estimate of drug-likeness (QED) is 0.313. The van der Waals surface area contributed by atoms with Gasteiger partial charge in [-0.15, -0.1) is 0 Å². The number of phenolic OH excluding ortho intramolecular Hbond substituents is 1. The molecule has 0 aliphatic rings. The van der Waals surface area contributed by atoms with Crippen LogP contribution in [-0.4, -0.2) is 44.5 Å². The summed E-state index contributed by atoms with van der Waals surface area (Å²) in [7, 11) is 2.97. The first-order valence-electron chi connectivity index (χ1n) is 8.46. The fourth-order valence-corrected chi connectivity index (χ4v) is 2.32.